The van der Waals surface area contributed by atoms with Gasteiger partial charge in [-0.15, -0.1) is 0 Å². The van der Waals surface area contributed by atoms with Gasteiger partial charge in [0.2, 0.25) is 0 Å². The van der Waals surface area contributed by atoms with Crippen molar-refractivity contribution in [3.63, 3.8) is 0 Å². The molecule has 0 saturated heterocycles. The summed E-state index contributed by atoms with van der Waals surface area (Å²) in [6.07, 6.45) is 0. The van der Waals surface area contributed by atoms with Gasteiger partial charge in [0.05, 0.1) is 0 Å². The van der Waals surface area contributed by atoms with Gasteiger partial charge in [0.1, 0.15) is 0 Å². The van der Waals surface area contributed by atoms with Crippen LogP contribution in [0.25, 0.3) is 0 Å². The average Bonchev–Trinajstić information content (AvgIpc) is 3.08. The molecule has 0 spiro atoms. The van der Waals surface area contributed by atoms with Crippen molar-refractivity contribution in [1.29, 1.82) is 0 Å². The zero-order chi connectivity index (χ0) is 37.2. The first-order valence-electron chi connectivity index (χ1n) is 11.4. The number of hydrogen-bond donors (Lipinski definition) is 0. The molecule has 0 bridgehead atoms. The first kappa shape index (κ1) is 37.3. The Morgan fingerprint density at radius 2 is 0.286 bits per heavy atom. The summed E-state index contributed by atoms with van der Waals surface area (Å²) in [6.45, 7) is 0. The monoisotopic (exact) mass is 852 g/mol. The van der Waals surface area contributed by atoms with Crippen LogP contribution in [0.2, 0.25) is 0 Å². The van der Waals surface area contributed by atoms with Gasteiger partial charge < -0.3 is 0 Å². The topological polar surface area (TPSA) is 36.9 Å². The minimum atomic E-state index is -9.14. The van der Waals surface area contributed by atoms with Crippen LogP contribution in [0.15, 0.2) is 0 Å². The van der Waals surface area contributed by atoms with E-state index in [4.69, 9.17) is 0 Å². The standard InChI is InChI=1S/4C6HF5O.Sn/c4*7-1-2(8)4(10)6(12)5(11)3(1)9;/h4*12H;/q;;;;+4/p-4. The zero-order valence-corrected chi connectivity index (χ0v) is 24.5. The normalized spacial score (nSPS) is 11.7. The van der Waals surface area contributed by atoms with Crippen LogP contribution in [0, 0.1) is 116 Å². The summed E-state index contributed by atoms with van der Waals surface area (Å²) in [4.78, 5) is 0. The van der Waals surface area contributed by atoms with Crippen LogP contribution in [0.5, 0.6) is 23.0 Å². The van der Waals surface area contributed by atoms with Crippen LogP contribution < -0.4 is 12.3 Å². The molecule has 0 amide bonds. The molecule has 4 aromatic carbocycles. The summed E-state index contributed by atoms with van der Waals surface area (Å²) in [6, 6.07) is 0. The third-order valence-corrected chi connectivity index (χ3v) is 10.8. The fourth-order valence-corrected chi connectivity index (χ4v) is 8.94. The minimum absolute atomic E-state index is 3.05. The van der Waals surface area contributed by atoms with Crippen molar-refractivity contribution >= 4 is 20.0 Å². The SMILES string of the molecule is Fc1c(F)c(F)c([O][Sn]([O]c2c(F)c(F)c(F)c(F)c2F)([O]c2c(F)c(F)c(F)c(F)c2F)[O]c2c(F)c(F)c(F)c(F)c2F)c(F)c1F. The van der Waals surface area contributed by atoms with Crippen molar-refractivity contribution in [2.45, 2.75) is 0 Å². The van der Waals surface area contributed by atoms with Crippen molar-refractivity contribution in [3.05, 3.63) is 116 Å². The second-order valence-corrected chi connectivity index (χ2v) is 13.7. The number of benzene rings is 4. The predicted octanol–water partition coefficient (Wildman–Crippen LogP) is 8.52. The van der Waals surface area contributed by atoms with Gasteiger partial charge in [0.25, 0.3) is 0 Å². The van der Waals surface area contributed by atoms with Gasteiger partial charge in [-0.3, -0.25) is 0 Å². The Bertz CT molecular complexity index is 1650. The molecule has 0 N–H and O–H groups in total. The first-order valence-corrected chi connectivity index (χ1v) is 16.1. The van der Waals surface area contributed by atoms with Gasteiger partial charge in [-0.25, -0.2) is 0 Å². The van der Waals surface area contributed by atoms with Crippen LogP contribution in [-0.4, -0.2) is 20.0 Å². The fraction of sp³-hybridized carbons (Fsp3) is 0. The summed E-state index contributed by atoms with van der Waals surface area (Å²) in [5.41, 5.74) is 0. The molecule has 0 radical (unpaired) electrons. The molecular formula is C24F20O4Sn. The van der Waals surface area contributed by atoms with Crippen molar-refractivity contribution in [2.75, 3.05) is 0 Å². The van der Waals surface area contributed by atoms with Crippen molar-refractivity contribution in [3.8, 4) is 23.0 Å². The predicted molar refractivity (Wildman–Crippen MR) is 113 cm³/mol. The molecule has 0 heterocycles. The molecule has 4 rings (SSSR count). The molecule has 0 atom stereocenters. The Morgan fingerprint density at radius 3 is 0.408 bits per heavy atom. The molecule has 264 valence electrons. The second-order valence-electron chi connectivity index (χ2n) is 8.50. The summed E-state index contributed by atoms with van der Waals surface area (Å²) in [7, 11) is 0. The van der Waals surface area contributed by atoms with Gasteiger partial charge in [0, 0.05) is 0 Å². The summed E-state index contributed by atoms with van der Waals surface area (Å²) < 4.78 is 300. The van der Waals surface area contributed by atoms with Gasteiger partial charge in [-0.05, 0) is 0 Å². The van der Waals surface area contributed by atoms with Crippen molar-refractivity contribution in [1.82, 2.24) is 0 Å². The fourth-order valence-electron chi connectivity index (χ4n) is 3.32. The summed E-state index contributed by atoms with van der Waals surface area (Å²) in [5.74, 6) is -76.3. The van der Waals surface area contributed by atoms with Gasteiger partial charge in [-0.2, -0.15) is 0 Å². The molecule has 0 aliphatic carbocycles. The molecule has 4 nitrogen and oxygen atoms in total. The Balaban J connectivity index is 2.21. The van der Waals surface area contributed by atoms with Crippen molar-refractivity contribution in [2.24, 2.45) is 0 Å². The van der Waals surface area contributed by atoms with E-state index in [0.717, 1.165) is 0 Å². The molecule has 4 aromatic rings. The van der Waals surface area contributed by atoms with Crippen LogP contribution in [0.1, 0.15) is 0 Å². The van der Waals surface area contributed by atoms with Crippen LogP contribution >= 0.6 is 0 Å². The van der Waals surface area contributed by atoms with E-state index >= 15 is 0 Å². The van der Waals surface area contributed by atoms with Crippen LogP contribution in [0.3, 0.4) is 0 Å². The Morgan fingerprint density at radius 1 is 0.184 bits per heavy atom. The quantitative estimate of drug-likeness (QED) is 0.0772. The van der Waals surface area contributed by atoms with Crippen molar-refractivity contribution < 1.29 is 100 Å². The molecule has 0 unspecified atom stereocenters. The average molecular weight is 851 g/mol. The molecule has 0 saturated carbocycles. The molecular weight excluding hydrogens is 851 g/mol. The molecule has 49 heavy (non-hydrogen) atoms. The second kappa shape index (κ2) is 13.1. The molecule has 0 aromatic heterocycles. The van der Waals surface area contributed by atoms with Gasteiger partial charge in [0.15, 0.2) is 0 Å². The van der Waals surface area contributed by atoms with E-state index in [1.165, 1.54) is 0 Å². The van der Waals surface area contributed by atoms with E-state index in [9.17, 15) is 87.8 Å². The third-order valence-electron chi connectivity index (χ3n) is 5.59. The number of halogens is 20. The zero-order valence-electron chi connectivity index (χ0n) is 21.7. The van der Waals surface area contributed by atoms with Gasteiger partial charge in [-0.1, -0.05) is 0 Å². The van der Waals surface area contributed by atoms with E-state index < -0.39 is 159 Å². The Kier molecular flexibility index (Phi) is 9.95. The van der Waals surface area contributed by atoms with E-state index in [1.54, 1.807) is 0 Å². The van der Waals surface area contributed by atoms with E-state index in [-0.39, 0.29) is 0 Å². The van der Waals surface area contributed by atoms with E-state index in [2.05, 4.69) is 12.3 Å². The molecule has 0 aliphatic heterocycles. The molecule has 0 aliphatic rings. The van der Waals surface area contributed by atoms with E-state index in [0.29, 0.717) is 0 Å². The third kappa shape index (κ3) is 6.02. The van der Waals surface area contributed by atoms with Crippen LogP contribution in [-0.2, 0) is 0 Å². The molecule has 0 fully saturated rings. The maximum atomic E-state index is 14.6. The maximum absolute atomic E-state index is 14.6. The first-order chi connectivity index (χ1) is 22.6. The number of hydrogen-bond acceptors (Lipinski definition) is 4. The number of rotatable bonds is 8. The van der Waals surface area contributed by atoms with Gasteiger partial charge >= 0.3 is 259 Å². The summed E-state index contributed by atoms with van der Waals surface area (Å²) >= 11 is -9.14. The molecule has 25 heteroatoms. The Labute approximate surface area is 259 Å². The van der Waals surface area contributed by atoms with Crippen LogP contribution in [0.4, 0.5) is 87.8 Å². The van der Waals surface area contributed by atoms with E-state index in [1.807, 2.05) is 0 Å². The Hall–Kier alpha value is -4.52. The summed E-state index contributed by atoms with van der Waals surface area (Å²) in [5, 5.41) is 0.